The van der Waals surface area contributed by atoms with Crippen LogP contribution >= 0.6 is 0 Å². The van der Waals surface area contributed by atoms with Gasteiger partial charge in [0, 0.05) is 24.8 Å². The van der Waals surface area contributed by atoms with Crippen LogP contribution in [0.5, 0.6) is 5.75 Å². The lowest BCUT2D eigenvalue weighted by Gasteiger charge is -2.12. The molecule has 0 aliphatic heterocycles. The Morgan fingerprint density at radius 3 is 2.46 bits per heavy atom. The van der Waals surface area contributed by atoms with Crippen molar-refractivity contribution in [2.45, 2.75) is 18.4 Å². The van der Waals surface area contributed by atoms with Gasteiger partial charge in [-0.25, -0.2) is 13.1 Å². The third-order valence-corrected chi connectivity index (χ3v) is 5.66. The van der Waals surface area contributed by atoms with Crippen LogP contribution in [-0.2, 0) is 16.6 Å². The Hall–Kier alpha value is -2.64. The van der Waals surface area contributed by atoms with Crippen molar-refractivity contribution in [3.8, 4) is 5.75 Å². The number of nitrogens with one attached hydrogen (secondary N) is 1. The Morgan fingerprint density at radius 1 is 1.04 bits per heavy atom. The molecule has 0 aliphatic carbocycles. The maximum Gasteiger partial charge on any atom is 0.254 e. The van der Waals surface area contributed by atoms with Gasteiger partial charge in [0.1, 0.15) is 5.75 Å². The zero-order chi connectivity index (χ0) is 18.7. The Balaban J connectivity index is 1.75. The second-order valence-electron chi connectivity index (χ2n) is 5.93. The van der Waals surface area contributed by atoms with E-state index < -0.39 is 10.0 Å². The first-order valence-corrected chi connectivity index (χ1v) is 9.63. The summed E-state index contributed by atoms with van der Waals surface area (Å²) in [6.07, 6.45) is 0. The minimum Gasteiger partial charge on any atom is -0.496 e. The van der Waals surface area contributed by atoms with E-state index in [1.54, 1.807) is 31.2 Å². The normalized spacial score (nSPS) is 11.6. The summed E-state index contributed by atoms with van der Waals surface area (Å²) in [7, 11) is -2.15. The number of methoxy groups -OCH3 is 1. The second kappa shape index (κ2) is 7.31. The summed E-state index contributed by atoms with van der Waals surface area (Å²) in [4.78, 5) is 12.3. The van der Waals surface area contributed by atoms with Gasteiger partial charge >= 0.3 is 0 Å². The predicted octanol–water partition coefficient (Wildman–Crippen LogP) is 2.30. The van der Waals surface area contributed by atoms with Gasteiger partial charge in [0.25, 0.3) is 5.56 Å². The number of aryl methyl sites for hydroxylation is 1. The van der Waals surface area contributed by atoms with Gasteiger partial charge in [0.05, 0.1) is 12.0 Å². The molecule has 26 heavy (non-hydrogen) atoms. The summed E-state index contributed by atoms with van der Waals surface area (Å²) in [6, 6.07) is 15.7. The third-order valence-electron chi connectivity index (χ3n) is 4.20. The van der Waals surface area contributed by atoms with Crippen LogP contribution in [0.2, 0.25) is 0 Å². The molecule has 0 bridgehead atoms. The van der Waals surface area contributed by atoms with Gasteiger partial charge in [-0.05, 0) is 35.9 Å². The summed E-state index contributed by atoms with van der Waals surface area (Å²) in [5.74, 6) is 0.487. The summed E-state index contributed by atoms with van der Waals surface area (Å²) in [5, 5.41) is 1.84. The minimum absolute atomic E-state index is 0.113. The number of fused-ring (bicyclic) bond motifs is 1. The number of aromatic nitrogens is 1. The summed E-state index contributed by atoms with van der Waals surface area (Å²) < 4.78 is 34.2. The number of hydrogen-bond donors (Lipinski definition) is 1. The van der Waals surface area contributed by atoms with Crippen LogP contribution in [0.25, 0.3) is 10.8 Å². The van der Waals surface area contributed by atoms with Gasteiger partial charge in [0.15, 0.2) is 0 Å². The molecule has 1 aromatic heterocycles. The summed E-state index contributed by atoms with van der Waals surface area (Å²) in [6.45, 7) is 2.13. The van der Waals surface area contributed by atoms with Gasteiger partial charge in [-0.3, -0.25) is 4.79 Å². The molecule has 0 amide bonds. The van der Waals surface area contributed by atoms with E-state index in [4.69, 9.17) is 4.74 Å². The van der Waals surface area contributed by atoms with Crippen molar-refractivity contribution >= 4 is 20.8 Å². The molecule has 0 fully saturated rings. The monoisotopic (exact) mass is 372 g/mol. The maximum absolute atomic E-state index is 12.5. The molecule has 7 heteroatoms. The van der Waals surface area contributed by atoms with E-state index in [9.17, 15) is 13.2 Å². The van der Waals surface area contributed by atoms with Crippen LogP contribution < -0.4 is 15.0 Å². The molecule has 2 aromatic carbocycles. The molecule has 0 unspecified atom stereocenters. The number of benzene rings is 2. The fourth-order valence-corrected chi connectivity index (χ4v) is 3.87. The smallest absolute Gasteiger partial charge is 0.254 e. The Morgan fingerprint density at radius 2 is 1.77 bits per heavy atom. The summed E-state index contributed by atoms with van der Waals surface area (Å²) >= 11 is 0. The van der Waals surface area contributed by atoms with Gasteiger partial charge in [-0.2, -0.15) is 0 Å². The first-order chi connectivity index (χ1) is 12.4. The zero-order valence-corrected chi connectivity index (χ0v) is 15.4. The van der Waals surface area contributed by atoms with Crippen LogP contribution in [0, 0.1) is 6.92 Å². The van der Waals surface area contributed by atoms with E-state index in [0.29, 0.717) is 11.4 Å². The quantitative estimate of drug-likeness (QED) is 0.720. The minimum atomic E-state index is -3.65. The van der Waals surface area contributed by atoms with Crippen molar-refractivity contribution < 1.29 is 13.2 Å². The topological polar surface area (TPSA) is 77.4 Å². The maximum atomic E-state index is 12.5. The number of sulfonamides is 1. The molecule has 3 rings (SSSR count). The standard InChI is InChI=1S/C19H20N2O4S/c1-14-11-17(25-2)13-19(22)21(14)10-9-20-26(23,24)18-8-7-15-5-3-4-6-16(15)12-18/h3-8,11-13,20H,9-10H2,1-2H3. The zero-order valence-electron chi connectivity index (χ0n) is 14.6. The number of pyridine rings is 1. The van der Waals surface area contributed by atoms with Crippen LogP contribution in [0.4, 0.5) is 0 Å². The third kappa shape index (κ3) is 3.79. The van der Waals surface area contributed by atoms with Crippen molar-refractivity contribution in [2.24, 2.45) is 0 Å². The highest BCUT2D eigenvalue weighted by atomic mass is 32.2. The highest BCUT2D eigenvalue weighted by Gasteiger charge is 2.14. The number of ether oxygens (including phenoxy) is 1. The Kier molecular flexibility index (Phi) is 5.11. The highest BCUT2D eigenvalue weighted by molar-refractivity contribution is 7.89. The molecule has 0 radical (unpaired) electrons. The van der Waals surface area contributed by atoms with Crippen molar-refractivity contribution in [3.05, 3.63) is 70.6 Å². The molecule has 6 nitrogen and oxygen atoms in total. The van der Waals surface area contributed by atoms with Crippen molar-refractivity contribution in [3.63, 3.8) is 0 Å². The highest BCUT2D eigenvalue weighted by Crippen LogP contribution is 2.18. The van der Waals surface area contributed by atoms with Gasteiger partial charge in [0.2, 0.25) is 10.0 Å². The molecule has 1 heterocycles. The first kappa shape index (κ1) is 18.2. The van der Waals surface area contributed by atoms with Crippen molar-refractivity contribution in [2.75, 3.05) is 13.7 Å². The first-order valence-electron chi connectivity index (χ1n) is 8.15. The average molecular weight is 372 g/mol. The van der Waals surface area contributed by atoms with Crippen LogP contribution in [-0.4, -0.2) is 26.6 Å². The Labute approximate surface area is 152 Å². The molecule has 0 atom stereocenters. The SMILES string of the molecule is COc1cc(C)n(CCNS(=O)(=O)c2ccc3ccccc3c2)c(=O)c1. The molecule has 0 saturated heterocycles. The van der Waals surface area contributed by atoms with E-state index in [1.165, 1.54) is 17.7 Å². The number of nitrogens with zero attached hydrogens (tertiary/aromatic N) is 1. The number of rotatable bonds is 6. The van der Waals surface area contributed by atoms with E-state index >= 15 is 0 Å². The molecule has 1 N–H and O–H groups in total. The Bertz CT molecular complexity index is 1100. The fourth-order valence-electron chi connectivity index (χ4n) is 2.81. The lowest BCUT2D eigenvalue weighted by Crippen LogP contribution is -2.31. The van der Waals surface area contributed by atoms with Crippen LogP contribution in [0.1, 0.15) is 5.69 Å². The second-order valence-corrected chi connectivity index (χ2v) is 7.70. The lowest BCUT2D eigenvalue weighted by molar-refractivity contribution is 0.411. The van der Waals surface area contributed by atoms with Gasteiger partial charge < -0.3 is 9.30 Å². The molecule has 3 aromatic rings. The van der Waals surface area contributed by atoms with Crippen LogP contribution in [0.3, 0.4) is 0 Å². The molecular weight excluding hydrogens is 352 g/mol. The van der Waals surface area contributed by atoms with Gasteiger partial charge in [-0.1, -0.05) is 30.3 Å². The van der Waals surface area contributed by atoms with E-state index in [0.717, 1.165) is 10.8 Å². The van der Waals surface area contributed by atoms with E-state index in [1.807, 2.05) is 24.3 Å². The largest absolute Gasteiger partial charge is 0.496 e. The average Bonchev–Trinajstić information content (AvgIpc) is 2.63. The molecule has 0 spiro atoms. The lowest BCUT2D eigenvalue weighted by atomic mass is 10.1. The van der Waals surface area contributed by atoms with Crippen LogP contribution in [0.15, 0.2) is 64.3 Å². The number of hydrogen-bond acceptors (Lipinski definition) is 4. The molecule has 0 aliphatic rings. The molecule has 136 valence electrons. The van der Waals surface area contributed by atoms with Crippen molar-refractivity contribution in [1.82, 2.24) is 9.29 Å². The van der Waals surface area contributed by atoms with Gasteiger partial charge in [-0.15, -0.1) is 0 Å². The molecule has 0 saturated carbocycles. The predicted molar refractivity (Wildman–Crippen MR) is 101 cm³/mol. The molecular formula is C19H20N2O4S. The van der Waals surface area contributed by atoms with Crippen molar-refractivity contribution in [1.29, 1.82) is 0 Å². The van der Waals surface area contributed by atoms with E-state index in [-0.39, 0.29) is 23.5 Å². The van der Waals surface area contributed by atoms with E-state index in [2.05, 4.69) is 4.72 Å². The summed E-state index contributed by atoms with van der Waals surface area (Å²) in [5.41, 5.74) is 0.478. The fraction of sp³-hybridized carbons (Fsp3) is 0.211.